The Kier molecular flexibility index (Phi) is 6.00. The van der Waals surface area contributed by atoms with Gasteiger partial charge in [0.15, 0.2) is 0 Å². The number of hydrogen-bond acceptors (Lipinski definition) is 8. The number of thiazole rings is 1. The van der Waals surface area contributed by atoms with Gasteiger partial charge in [0.2, 0.25) is 16.9 Å². The number of hydrogen-bond donors (Lipinski definition) is 3. The molecule has 0 spiro atoms. The molecule has 2 aliphatic rings. The minimum absolute atomic E-state index is 0.00466. The summed E-state index contributed by atoms with van der Waals surface area (Å²) in [6.07, 6.45) is 0.213. The fourth-order valence-electron chi connectivity index (χ4n) is 3.28. The molecule has 2 atom stereocenters. The first-order valence-corrected chi connectivity index (χ1v) is 12.1. The van der Waals surface area contributed by atoms with E-state index < -0.39 is 17.1 Å². The highest BCUT2D eigenvalue weighted by molar-refractivity contribution is 8.00. The van der Waals surface area contributed by atoms with E-state index in [1.165, 1.54) is 39.3 Å². The molecule has 3 amide bonds. The molecule has 8 nitrogen and oxygen atoms in total. The molecular formula is C18H16N4O4S4. The van der Waals surface area contributed by atoms with Crippen LogP contribution in [0, 0.1) is 0 Å². The van der Waals surface area contributed by atoms with Crippen LogP contribution in [0.25, 0.3) is 5.57 Å². The van der Waals surface area contributed by atoms with E-state index in [0.717, 1.165) is 4.88 Å². The van der Waals surface area contributed by atoms with Crippen molar-refractivity contribution in [2.75, 3.05) is 5.75 Å². The van der Waals surface area contributed by atoms with E-state index in [1.807, 2.05) is 17.5 Å². The molecule has 0 unspecified atom stereocenters. The second-order valence-corrected chi connectivity index (χ2v) is 10.0. The van der Waals surface area contributed by atoms with Gasteiger partial charge in [-0.1, -0.05) is 18.7 Å². The Labute approximate surface area is 189 Å². The molecule has 0 aliphatic carbocycles. The third kappa shape index (κ3) is 4.04. The number of carbonyl (C=O) groups excluding carboxylic acids is 4. The van der Waals surface area contributed by atoms with Crippen molar-refractivity contribution in [3.05, 3.63) is 44.2 Å². The first kappa shape index (κ1) is 21.1. The normalized spacial score (nSPS) is 20.6. The van der Waals surface area contributed by atoms with Crippen molar-refractivity contribution >= 4 is 75.5 Å². The van der Waals surface area contributed by atoms with E-state index in [2.05, 4.69) is 22.9 Å². The Balaban J connectivity index is 1.53. The summed E-state index contributed by atoms with van der Waals surface area (Å²) in [5.41, 5.74) is 6.49. The Morgan fingerprint density at radius 1 is 1.30 bits per heavy atom. The number of β-lactam (4-membered cyclic amide) rings is 1. The zero-order valence-corrected chi connectivity index (χ0v) is 18.7. The van der Waals surface area contributed by atoms with Crippen LogP contribution in [0.4, 0.5) is 0 Å². The molecule has 0 aromatic carbocycles. The standard InChI is InChI=1S/C18H16N4O4S4/c19-11(23)4-8-6-29-15(20-8)10-7-30-17-13(16(25)22(17)14(10)18(26)27)21-12(24)5-9-2-1-3-28-9/h1-3,6,13,17H,4-5,7H2,(H2,19,23)(H,21,24)(H,26,27)/t13-,17-/m1/s1. The number of thioether (sulfide) groups is 1. The molecule has 2 aromatic heterocycles. The van der Waals surface area contributed by atoms with E-state index in [9.17, 15) is 19.2 Å². The van der Waals surface area contributed by atoms with E-state index in [0.29, 0.717) is 22.0 Å². The largest absolute Gasteiger partial charge is 0.369 e. The summed E-state index contributed by atoms with van der Waals surface area (Å²) in [6.45, 7) is 0. The monoisotopic (exact) mass is 480 g/mol. The number of amides is 3. The smallest absolute Gasteiger partial charge is 0.253 e. The summed E-state index contributed by atoms with van der Waals surface area (Å²) >= 11 is 8.16. The number of primary amides is 1. The number of nitrogens with one attached hydrogen (secondary N) is 1. The molecule has 2 aromatic rings. The maximum atomic E-state index is 12.8. The number of carbonyl (C=O) groups is 4. The van der Waals surface area contributed by atoms with E-state index in [-0.39, 0.29) is 35.7 Å². The average Bonchev–Trinajstić information content (AvgIpc) is 3.36. The van der Waals surface area contributed by atoms with Crippen LogP contribution in [0.15, 0.2) is 28.6 Å². The number of thiophene rings is 1. The third-order valence-electron chi connectivity index (χ3n) is 4.57. The van der Waals surface area contributed by atoms with Crippen molar-refractivity contribution in [2.45, 2.75) is 24.3 Å². The second-order valence-electron chi connectivity index (χ2n) is 6.63. The summed E-state index contributed by atoms with van der Waals surface area (Å²) in [5.74, 6) is -0.656. The first-order chi connectivity index (χ1) is 14.3. The average molecular weight is 481 g/mol. The van der Waals surface area contributed by atoms with Crippen LogP contribution >= 0.6 is 47.1 Å². The van der Waals surface area contributed by atoms with Gasteiger partial charge in [-0.25, -0.2) is 4.98 Å². The van der Waals surface area contributed by atoms with Crippen LogP contribution in [0.2, 0.25) is 0 Å². The second kappa shape index (κ2) is 8.53. The molecule has 1 saturated heterocycles. The lowest BCUT2D eigenvalue weighted by molar-refractivity contribution is -0.146. The molecule has 12 heteroatoms. The van der Waals surface area contributed by atoms with Crippen LogP contribution in [-0.4, -0.2) is 49.9 Å². The van der Waals surface area contributed by atoms with Gasteiger partial charge in [0, 0.05) is 21.6 Å². The molecule has 30 heavy (non-hydrogen) atoms. The summed E-state index contributed by atoms with van der Waals surface area (Å²) < 4.78 is 0. The number of fused-ring (bicyclic) bond motifs is 1. The molecule has 1 fully saturated rings. The van der Waals surface area contributed by atoms with E-state index in [1.54, 1.807) is 5.38 Å². The number of aromatic nitrogens is 1. The highest BCUT2D eigenvalue weighted by atomic mass is 32.2. The van der Waals surface area contributed by atoms with Crippen LogP contribution in [-0.2, 0) is 32.0 Å². The van der Waals surface area contributed by atoms with Gasteiger partial charge in [-0.3, -0.25) is 24.1 Å². The maximum absolute atomic E-state index is 12.8. The van der Waals surface area contributed by atoms with Gasteiger partial charge in [0.05, 0.1) is 18.5 Å². The van der Waals surface area contributed by atoms with E-state index >= 15 is 0 Å². The van der Waals surface area contributed by atoms with Gasteiger partial charge in [-0.15, -0.1) is 34.4 Å². The summed E-state index contributed by atoms with van der Waals surface area (Å²) in [7, 11) is 0. The minimum atomic E-state index is -0.687. The number of thiol groups is 1. The zero-order valence-electron chi connectivity index (χ0n) is 15.4. The van der Waals surface area contributed by atoms with Crippen molar-refractivity contribution in [1.82, 2.24) is 15.2 Å². The van der Waals surface area contributed by atoms with Gasteiger partial charge < -0.3 is 11.1 Å². The molecule has 4 rings (SSSR count). The lowest BCUT2D eigenvalue weighted by atomic mass is 10.0. The quantitative estimate of drug-likeness (QED) is 0.402. The molecule has 2 aliphatic heterocycles. The molecule has 0 radical (unpaired) electrons. The van der Waals surface area contributed by atoms with Gasteiger partial charge in [0.25, 0.3) is 5.91 Å². The SMILES string of the molecule is NC(=O)Cc1csc(C2=C(C(=O)S)N3C(=O)[C@@H](NC(=O)Cc4cccs4)[C@H]3SC2)n1. The predicted molar refractivity (Wildman–Crippen MR) is 119 cm³/mol. The highest BCUT2D eigenvalue weighted by Crippen LogP contribution is 2.44. The van der Waals surface area contributed by atoms with Crippen LogP contribution in [0.3, 0.4) is 0 Å². The Morgan fingerprint density at radius 3 is 2.77 bits per heavy atom. The lowest BCUT2D eigenvalue weighted by Gasteiger charge is -2.49. The summed E-state index contributed by atoms with van der Waals surface area (Å²) in [5, 5.41) is 6.00. The lowest BCUT2D eigenvalue weighted by Crippen LogP contribution is -2.70. The van der Waals surface area contributed by atoms with Gasteiger partial charge >= 0.3 is 0 Å². The third-order valence-corrected chi connectivity index (χ3v) is 7.89. The molecule has 156 valence electrons. The van der Waals surface area contributed by atoms with Crippen molar-refractivity contribution < 1.29 is 19.2 Å². The van der Waals surface area contributed by atoms with Crippen LogP contribution in [0.1, 0.15) is 15.6 Å². The first-order valence-electron chi connectivity index (χ1n) is 8.81. The van der Waals surface area contributed by atoms with E-state index in [4.69, 9.17) is 5.73 Å². The summed E-state index contributed by atoms with van der Waals surface area (Å²) in [6, 6.07) is 3.04. The molecule has 3 N–H and O–H groups in total. The van der Waals surface area contributed by atoms with Gasteiger partial charge in [0.1, 0.15) is 22.1 Å². The summed E-state index contributed by atoms with van der Waals surface area (Å²) in [4.78, 5) is 55.1. The Morgan fingerprint density at radius 2 is 2.10 bits per heavy atom. The molecule has 0 saturated carbocycles. The van der Waals surface area contributed by atoms with Gasteiger partial charge in [-0.05, 0) is 11.4 Å². The zero-order chi connectivity index (χ0) is 21.4. The fourth-order valence-corrected chi connectivity index (χ4v) is 6.53. The van der Waals surface area contributed by atoms with Crippen molar-refractivity contribution in [1.29, 1.82) is 0 Å². The van der Waals surface area contributed by atoms with Crippen molar-refractivity contribution in [3.8, 4) is 0 Å². The minimum Gasteiger partial charge on any atom is -0.369 e. The van der Waals surface area contributed by atoms with Crippen molar-refractivity contribution in [3.63, 3.8) is 0 Å². The Bertz CT molecular complexity index is 1060. The Hall–Kier alpha value is -2.15. The van der Waals surface area contributed by atoms with Gasteiger partial charge in [-0.2, -0.15) is 0 Å². The topological polar surface area (TPSA) is 122 Å². The van der Waals surface area contributed by atoms with Crippen LogP contribution in [0.5, 0.6) is 0 Å². The number of nitrogens with zero attached hydrogens (tertiary/aromatic N) is 2. The maximum Gasteiger partial charge on any atom is 0.253 e. The number of rotatable bonds is 7. The molecule has 4 heterocycles. The predicted octanol–water partition coefficient (Wildman–Crippen LogP) is 1.04. The molecule has 0 bridgehead atoms. The number of nitrogens with two attached hydrogens (primary N) is 1. The highest BCUT2D eigenvalue weighted by Gasteiger charge is 2.54. The van der Waals surface area contributed by atoms with Crippen LogP contribution < -0.4 is 11.1 Å². The fraction of sp³-hybridized carbons (Fsp3) is 0.278. The van der Waals surface area contributed by atoms with Crippen molar-refractivity contribution in [2.24, 2.45) is 5.73 Å². The molecular weight excluding hydrogens is 464 g/mol.